The second-order valence-electron chi connectivity index (χ2n) is 3.80. The zero-order valence-corrected chi connectivity index (χ0v) is 12.1. The van der Waals surface area contributed by atoms with Crippen LogP contribution in [-0.2, 0) is 10.0 Å². The smallest absolute Gasteiger partial charge is 0.329 e. The summed E-state index contributed by atoms with van der Waals surface area (Å²) in [5, 5.41) is 11.7. The second-order valence-corrected chi connectivity index (χ2v) is 6.27. The van der Waals surface area contributed by atoms with Crippen LogP contribution in [0.3, 0.4) is 0 Å². The largest absolute Gasteiger partial charge is 0.408 e. The fourth-order valence-electron chi connectivity index (χ4n) is 1.69. The normalized spacial score (nSPS) is 11.9. The first kappa shape index (κ1) is 12.9. The van der Waals surface area contributed by atoms with Gasteiger partial charge in [-0.2, -0.15) is 8.42 Å². The van der Waals surface area contributed by atoms with E-state index in [1.807, 2.05) is 0 Å². The van der Waals surface area contributed by atoms with E-state index in [4.69, 9.17) is 4.42 Å². The fourth-order valence-corrected chi connectivity index (χ4v) is 3.68. The Morgan fingerprint density at radius 3 is 2.85 bits per heavy atom. The van der Waals surface area contributed by atoms with Gasteiger partial charge in [-0.25, -0.2) is 9.71 Å². The molecule has 0 aromatic carbocycles. The summed E-state index contributed by atoms with van der Waals surface area (Å²) in [4.78, 5) is 4.75. The molecule has 3 aromatic rings. The van der Waals surface area contributed by atoms with Crippen molar-refractivity contribution in [3.05, 3.63) is 17.5 Å². The highest BCUT2D eigenvalue weighted by atomic mass is 32.2. The molecule has 3 aromatic heterocycles. The van der Waals surface area contributed by atoms with E-state index in [2.05, 4.69) is 25.2 Å². The quantitative estimate of drug-likeness (QED) is 0.736. The molecule has 0 aliphatic rings. The summed E-state index contributed by atoms with van der Waals surface area (Å²) in [6, 6.07) is -0.185. The van der Waals surface area contributed by atoms with Crippen LogP contribution >= 0.6 is 11.3 Å². The molecular formula is C9H10N6O3S2. The minimum Gasteiger partial charge on any atom is -0.408 e. The summed E-state index contributed by atoms with van der Waals surface area (Å²) in [5.41, 5.74) is 0. The molecule has 0 radical (unpaired) electrons. The number of aryl methyl sites for hydroxylation is 1. The van der Waals surface area contributed by atoms with Gasteiger partial charge in [0.05, 0.1) is 0 Å². The van der Waals surface area contributed by atoms with E-state index in [-0.39, 0.29) is 22.7 Å². The van der Waals surface area contributed by atoms with Crippen LogP contribution in [0.25, 0.3) is 4.96 Å². The number of fused-ring (bicyclic) bond motifs is 1. The monoisotopic (exact) mass is 314 g/mol. The third-order valence-electron chi connectivity index (χ3n) is 2.46. The van der Waals surface area contributed by atoms with E-state index in [9.17, 15) is 8.42 Å². The molecule has 0 aliphatic carbocycles. The molecular weight excluding hydrogens is 304 g/mol. The lowest BCUT2D eigenvalue weighted by Crippen LogP contribution is -2.16. The number of rotatable bonds is 4. The molecule has 0 unspecified atom stereocenters. The minimum atomic E-state index is -3.90. The summed E-state index contributed by atoms with van der Waals surface area (Å²) < 4.78 is 33.6. The zero-order valence-electron chi connectivity index (χ0n) is 10.5. The summed E-state index contributed by atoms with van der Waals surface area (Å²) in [7, 11) is -2.30. The van der Waals surface area contributed by atoms with Gasteiger partial charge in [-0.3, -0.25) is 4.40 Å². The van der Waals surface area contributed by atoms with Crippen molar-refractivity contribution < 1.29 is 12.8 Å². The van der Waals surface area contributed by atoms with Crippen LogP contribution in [0.1, 0.15) is 5.89 Å². The second kappa shape index (κ2) is 4.45. The Bertz CT molecular complexity index is 861. The van der Waals surface area contributed by atoms with E-state index in [1.165, 1.54) is 15.7 Å². The summed E-state index contributed by atoms with van der Waals surface area (Å²) >= 11 is 1.33. The van der Waals surface area contributed by atoms with Crippen molar-refractivity contribution in [3.8, 4) is 0 Å². The Morgan fingerprint density at radius 2 is 2.20 bits per heavy atom. The Morgan fingerprint density at radius 1 is 1.40 bits per heavy atom. The van der Waals surface area contributed by atoms with Gasteiger partial charge in [0, 0.05) is 25.5 Å². The van der Waals surface area contributed by atoms with Crippen LogP contribution in [0.2, 0.25) is 0 Å². The van der Waals surface area contributed by atoms with Crippen molar-refractivity contribution in [1.29, 1.82) is 0 Å². The molecule has 3 heterocycles. The number of nitrogens with zero attached hydrogens (tertiary/aromatic N) is 4. The third kappa shape index (κ3) is 2.00. The van der Waals surface area contributed by atoms with Crippen molar-refractivity contribution >= 4 is 38.2 Å². The van der Waals surface area contributed by atoms with E-state index < -0.39 is 10.0 Å². The lowest BCUT2D eigenvalue weighted by atomic mass is 10.7. The molecule has 20 heavy (non-hydrogen) atoms. The first-order valence-electron chi connectivity index (χ1n) is 5.47. The van der Waals surface area contributed by atoms with Gasteiger partial charge in [0.1, 0.15) is 0 Å². The van der Waals surface area contributed by atoms with Gasteiger partial charge in [0.25, 0.3) is 10.0 Å². The predicted octanol–water partition coefficient (Wildman–Crippen LogP) is 0.930. The maximum atomic E-state index is 12.4. The number of hydrogen-bond donors (Lipinski definition) is 2. The van der Waals surface area contributed by atoms with Crippen molar-refractivity contribution in [2.75, 3.05) is 17.1 Å². The average Bonchev–Trinajstić information content (AvgIpc) is 3.02. The molecule has 9 nitrogen and oxygen atoms in total. The van der Waals surface area contributed by atoms with Crippen LogP contribution in [0, 0.1) is 6.92 Å². The minimum absolute atomic E-state index is 0.00731. The van der Waals surface area contributed by atoms with Crippen molar-refractivity contribution in [1.82, 2.24) is 19.6 Å². The SMILES string of the molecule is CNc1nc2sccn2c1S(=O)(=O)Nc1nnc(C)o1. The molecule has 0 spiro atoms. The van der Waals surface area contributed by atoms with Crippen molar-refractivity contribution in [2.24, 2.45) is 0 Å². The summed E-state index contributed by atoms with van der Waals surface area (Å²) in [5.74, 6) is 0.520. The van der Waals surface area contributed by atoms with E-state index in [1.54, 1.807) is 25.5 Å². The van der Waals surface area contributed by atoms with Gasteiger partial charge in [0.2, 0.25) is 10.9 Å². The molecule has 0 fully saturated rings. The van der Waals surface area contributed by atoms with Gasteiger partial charge in [-0.05, 0) is 0 Å². The highest BCUT2D eigenvalue weighted by molar-refractivity contribution is 7.92. The first-order chi connectivity index (χ1) is 9.51. The van der Waals surface area contributed by atoms with Crippen LogP contribution in [0.15, 0.2) is 21.0 Å². The van der Waals surface area contributed by atoms with E-state index in [0.29, 0.717) is 4.96 Å². The molecule has 0 atom stereocenters. The van der Waals surface area contributed by atoms with Gasteiger partial charge in [-0.1, -0.05) is 5.10 Å². The maximum Gasteiger partial charge on any atom is 0.329 e. The summed E-state index contributed by atoms with van der Waals surface area (Å²) in [6.45, 7) is 1.57. The van der Waals surface area contributed by atoms with Crippen molar-refractivity contribution in [3.63, 3.8) is 0 Å². The maximum absolute atomic E-state index is 12.4. The van der Waals surface area contributed by atoms with Gasteiger partial charge >= 0.3 is 6.01 Å². The first-order valence-corrected chi connectivity index (χ1v) is 7.84. The standard InChI is InChI=1S/C9H10N6O3S2/c1-5-12-13-8(18-5)14-20(16,17)7-6(10-2)11-9-15(7)3-4-19-9/h3-4,10H,1-2H3,(H,13,14). The third-order valence-corrected chi connectivity index (χ3v) is 4.56. The topological polar surface area (TPSA) is 114 Å². The number of anilines is 2. The molecule has 0 saturated carbocycles. The fraction of sp³-hybridized carbons (Fsp3) is 0.222. The van der Waals surface area contributed by atoms with E-state index in [0.717, 1.165) is 0 Å². The Kier molecular flexibility index (Phi) is 2.87. The zero-order chi connectivity index (χ0) is 14.3. The molecule has 106 valence electrons. The molecule has 2 N–H and O–H groups in total. The lowest BCUT2D eigenvalue weighted by Gasteiger charge is -2.05. The highest BCUT2D eigenvalue weighted by Crippen LogP contribution is 2.26. The molecule has 0 saturated heterocycles. The Hall–Kier alpha value is -2.14. The van der Waals surface area contributed by atoms with Gasteiger partial charge < -0.3 is 9.73 Å². The van der Waals surface area contributed by atoms with Crippen LogP contribution in [0.5, 0.6) is 0 Å². The van der Waals surface area contributed by atoms with Crippen LogP contribution < -0.4 is 10.0 Å². The summed E-state index contributed by atoms with van der Waals surface area (Å²) in [6.07, 6.45) is 1.63. The van der Waals surface area contributed by atoms with Crippen LogP contribution in [0.4, 0.5) is 11.8 Å². The van der Waals surface area contributed by atoms with E-state index >= 15 is 0 Å². The highest BCUT2D eigenvalue weighted by Gasteiger charge is 2.27. The molecule has 0 bridgehead atoms. The number of thiazole rings is 1. The number of imidazole rings is 1. The van der Waals surface area contributed by atoms with Crippen LogP contribution in [-0.4, -0.2) is 35.0 Å². The van der Waals surface area contributed by atoms with Gasteiger partial charge in [0.15, 0.2) is 10.8 Å². The number of hydrogen-bond acceptors (Lipinski definition) is 8. The predicted molar refractivity (Wildman–Crippen MR) is 72.5 cm³/mol. The Balaban J connectivity index is 2.10. The molecule has 0 amide bonds. The van der Waals surface area contributed by atoms with Gasteiger partial charge in [-0.15, -0.1) is 16.4 Å². The Labute approximate surface area is 117 Å². The average molecular weight is 314 g/mol. The lowest BCUT2D eigenvalue weighted by molar-refractivity contribution is 0.534. The molecule has 3 rings (SSSR count). The number of sulfonamides is 1. The molecule has 11 heteroatoms. The van der Waals surface area contributed by atoms with Crippen molar-refractivity contribution in [2.45, 2.75) is 11.9 Å². The molecule has 0 aliphatic heterocycles. The number of nitrogens with one attached hydrogen (secondary N) is 2. The number of aromatic nitrogens is 4.